The van der Waals surface area contributed by atoms with Gasteiger partial charge in [-0.2, -0.15) is 0 Å². The molecule has 0 aliphatic rings. The lowest BCUT2D eigenvalue weighted by Crippen LogP contribution is -2.13. The minimum Gasteiger partial charge on any atom is -0.436 e. The van der Waals surface area contributed by atoms with Gasteiger partial charge < -0.3 is 10.1 Å². The molecule has 0 atom stereocenters. The van der Waals surface area contributed by atoms with E-state index in [1.54, 1.807) is 12.4 Å². The molecule has 0 fully saturated rings. The highest BCUT2D eigenvalue weighted by Crippen LogP contribution is 2.28. The van der Waals surface area contributed by atoms with Crippen molar-refractivity contribution in [1.29, 1.82) is 0 Å². The van der Waals surface area contributed by atoms with E-state index >= 15 is 0 Å². The second-order valence-corrected chi connectivity index (χ2v) is 4.66. The maximum Gasteiger partial charge on any atom is 0.237 e. The van der Waals surface area contributed by atoms with Crippen LogP contribution in [0.3, 0.4) is 0 Å². The largest absolute Gasteiger partial charge is 0.436 e. The maximum absolute atomic E-state index is 12.9. The van der Waals surface area contributed by atoms with Gasteiger partial charge in [0.2, 0.25) is 5.88 Å². The van der Waals surface area contributed by atoms with E-state index in [9.17, 15) is 4.39 Å². The summed E-state index contributed by atoms with van der Waals surface area (Å²) in [6.45, 7) is 3.57. The van der Waals surface area contributed by atoms with Crippen molar-refractivity contribution in [3.05, 3.63) is 46.6 Å². The normalized spacial score (nSPS) is 10.5. The van der Waals surface area contributed by atoms with Gasteiger partial charge in [-0.1, -0.05) is 6.92 Å². The predicted molar refractivity (Wildman–Crippen MR) is 73.6 cm³/mol. The molecule has 100 valence electrons. The molecular weight excluding hydrogens is 313 g/mol. The molecule has 0 saturated heterocycles. The molecule has 0 amide bonds. The average molecular weight is 326 g/mol. The van der Waals surface area contributed by atoms with Gasteiger partial charge in [0.1, 0.15) is 11.6 Å². The predicted octanol–water partition coefficient (Wildman–Crippen LogP) is 3.28. The van der Waals surface area contributed by atoms with Crippen LogP contribution in [0.4, 0.5) is 4.39 Å². The molecule has 1 aromatic heterocycles. The summed E-state index contributed by atoms with van der Waals surface area (Å²) in [6.07, 6.45) is 3.19. The molecule has 1 heterocycles. The van der Waals surface area contributed by atoms with Crippen molar-refractivity contribution < 1.29 is 9.13 Å². The van der Waals surface area contributed by atoms with E-state index in [0.29, 0.717) is 22.6 Å². The summed E-state index contributed by atoms with van der Waals surface area (Å²) in [4.78, 5) is 8.37. The standard InChI is InChI=1S/C13H13BrFN3O/c1-2-16-6-10-7-18-13(8-17-10)19-12-4-3-9(15)5-11(12)14/h3-5,7-8,16H,2,6H2,1H3. The van der Waals surface area contributed by atoms with Crippen LogP contribution in [0.15, 0.2) is 35.1 Å². The van der Waals surface area contributed by atoms with Gasteiger partial charge in [0, 0.05) is 6.54 Å². The van der Waals surface area contributed by atoms with Crippen LogP contribution in [0.25, 0.3) is 0 Å². The second-order valence-electron chi connectivity index (χ2n) is 3.80. The summed E-state index contributed by atoms with van der Waals surface area (Å²) in [7, 11) is 0. The fraction of sp³-hybridized carbons (Fsp3) is 0.231. The Kier molecular flexibility index (Phi) is 4.81. The number of halogens is 2. The minimum absolute atomic E-state index is 0.328. The van der Waals surface area contributed by atoms with Crippen LogP contribution in [0.5, 0.6) is 11.6 Å². The summed E-state index contributed by atoms with van der Waals surface area (Å²) in [6, 6.07) is 4.20. The molecular formula is C13H13BrFN3O. The van der Waals surface area contributed by atoms with Crippen molar-refractivity contribution in [3.63, 3.8) is 0 Å². The first-order valence-electron chi connectivity index (χ1n) is 5.83. The highest BCUT2D eigenvalue weighted by atomic mass is 79.9. The first-order valence-corrected chi connectivity index (χ1v) is 6.63. The fourth-order valence-corrected chi connectivity index (χ4v) is 1.84. The van der Waals surface area contributed by atoms with Crippen LogP contribution < -0.4 is 10.1 Å². The minimum atomic E-state index is -0.328. The molecule has 0 aliphatic heterocycles. The Bertz CT molecular complexity index is 548. The summed E-state index contributed by atoms with van der Waals surface area (Å²) in [5.41, 5.74) is 0.840. The molecule has 6 heteroatoms. The SMILES string of the molecule is CCNCc1cnc(Oc2ccc(F)cc2Br)cn1. The zero-order valence-electron chi connectivity index (χ0n) is 10.4. The maximum atomic E-state index is 12.9. The lowest BCUT2D eigenvalue weighted by Gasteiger charge is -2.07. The van der Waals surface area contributed by atoms with Gasteiger partial charge in [0.25, 0.3) is 0 Å². The van der Waals surface area contributed by atoms with E-state index in [2.05, 4.69) is 31.2 Å². The van der Waals surface area contributed by atoms with Crippen molar-refractivity contribution in [2.45, 2.75) is 13.5 Å². The summed E-state index contributed by atoms with van der Waals surface area (Å²) in [5, 5.41) is 3.16. The smallest absolute Gasteiger partial charge is 0.237 e. The summed E-state index contributed by atoms with van der Waals surface area (Å²) < 4.78 is 19.0. The monoisotopic (exact) mass is 325 g/mol. The molecule has 1 aromatic carbocycles. The lowest BCUT2D eigenvalue weighted by molar-refractivity contribution is 0.454. The van der Waals surface area contributed by atoms with E-state index in [4.69, 9.17) is 4.74 Å². The summed E-state index contributed by atoms with van der Waals surface area (Å²) >= 11 is 3.23. The Morgan fingerprint density at radius 1 is 1.32 bits per heavy atom. The zero-order valence-corrected chi connectivity index (χ0v) is 11.9. The highest BCUT2D eigenvalue weighted by molar-refractivity contribution is 9.10. The van der Waals surface area contributed by atoms with Crippen molar-refractivity contribution >= 4 is 15.9 Å². The first-order chi connectivity index (χ1) is 9.19. The quantitative estimate of drug-likeness (QED) is 0.916. The van der Waals surface area contributed by atoms with Gasteiger partial charge in [-0.25, -0.2) is 9.37 Å². The lowest BCUT2D eigenvalue weighted by atomic mass is 10.3. The van der Waals surface area contributed by atoms with Crippen LogP contribution in [-0.4, -0.2) is 16.5 Å². The Balaban J connectivity index is 2.06. The first kappa shape index (κ1) is 13.9. The third-order valence-corrected chi connectivity index (χ3v) is 2.97. The molecule has 4 nitrogen and oxygen atoms in total. The van der Waals surface area contributed by atoms with Crippen LogP contribution in [0, 0.1) is 5.82 Å². The van der Waals surface area contributed by atoms with E-state index in [1.165, 1.54) is 18.2 Å². The third-order valence-electron chi connectivity index (χ3n) is 2.35. The Labute approximate surface area is 119 Å². The van der Waals surface area contributed by atoms with E-state index in [0.717, 1.165) is 12.2 Å². The topological polar surface area (TPSA) is 47.0 Å². The van der Waals surface area contributed by atoms with Crippen LogP contribution in [0.1, 0.15) is 12.6 Å². The van der Waals surface area contributed by atoms with Gasteiger partial charge in [0.15, 0.2) is 0 Å². The number of aromatic nitrogens is 2. The molecule has 19 heavy (non-hydrogen) atoms. The van der Waals surface area contributed by atoms with Crippen molar-refractivity contribution in [3.8, 4) is 11.6 Å². The second kappa shape index (κ2) is 6.58. The number of nitrogens with zero attached hydrogens (tertiary/aromatic N) is 2. The fourth-order valence-electron chi connectivity index (χ4n) is 1.41. The molecule has 0 radical (unpaired) electrons. The van der Waals surface area contributed by atoms with Crippen LogP contribution in [0.2, 0.25) is 0 Å². The molecule has 0 bridgehead atoms. The van der Waals surface area contributed by atoms with Crippen molar-refractivity contribution in [2.24, 2.45) is 0 Å². The van der Waals surface area contributed by atoms with Crippen LogP contribution in [-0.2, 0) is 6.54 Å². The zero-order chi connectivity index (χ0) is 13.7. The van der Waals surface area contributed by atoms with Gasteiger partial charge in [-0.05, 0) is 40.7 Å². The van der Waals surface area contributed by atoms with Gasteiger partial charge in [-0.3, -0.25) is 4.98 Å². The molecule has 0 spiro atoms. The average Bonchev–Trinajstić information content (AvgIpc) is 2.41. The molecule has 0 unspecified atom stereocenters. The van der Waals surface area contributed by atoms with Gasteiger partial charge in [0.05, 0.1) is 22.6 Å². The molecule has 0 saturated carbocycles. The highest BCUT2D eigenvalue weighted by Gasteiger charge is 2.05. The number of nitrogens with one attached hydrogen (secondary N) is 1. The summed E-state index contributed by atoms with van der Waals surface area (Å²) in [5.74, 6) is 0.536. The Morgan fingerprint density at radius 3 is 2.79 bits per heavy atom. The van der Waals surface area contributed by atoms with Gasteiger partial charge >= 0.3 is 0 Å². The molecule has 2 rings (SSSR count). The number of rotatable bonds is 5. The van der Waals surface area contributed by atoms with Crippen molar-refractivity contribution in [1.82, 2.24) is 15.3 Å². The van der Waals surface area contributed by atoms with E-state index < -0.39 is 0 Å². The van der Waals surface area contributed by atoms with E-state index in [1.807, 2.05) is 6.92 Å². The van der Waals surface area contributed by atoms with Crippen LogP contribution >= 0.6 is 15.9 Å². The number of benzene rings is 1. The molecule has 1 N–H and O–H groups in total. The molecule has 0 aliphatic carbocycles. The Hall–Kier alpha value is -1.53. The number of ether oxygens (including phenoxy) is 1. The van der Waals surface area contributed by atoms with E-state index in [-0.39, 0.29) is 5.82 Å². The Morgan fingerprint density at radius 2 is 2.16 bits per heavy atom. The molecule has 2 aromatic rings. The van der Waals surface area contributed by atoms with Crippen molar-refractivity contribution in [2.75, 3.05) is 6.54 Å². The van der Waals surface area contributed by atoms with Gasteiger partial charge in [-0.15, -0.1) is 0 Å². The number of hydrogen-bond donors (Lipinski definition) is 1. The number of hydrogen-bond acceptors (Lipinski definition) is 4. The third kappa shape index (κ3) is 3.97.